The normalized spacial score (nSPS) is 15.2. The third-order valence-electron chi connectivity index (χ3n) is 2.95. The van der Waals surface area contributed by atoms with Gasteiger partial charge in [-0.2, -0.15) is 4.98 Å². The highest BCUT2D eigenvalue weighted by atomic mass is 16.5. The highest BCUT2D eigenvalue weighted by Gasteiger charge is 2.21. The Balaban J connectivity index is 2.41. The van der Waals surface area contributed by atoms with E-state index in [0.29, 0.717) is 32.2 Å². The van der Waals surface area contributed by atoms with Crippen LogP contribution in [0.1, 0.15) is 10.4 Å². The van der Waals surface area contributed by atoms with Crippen molar-refractivity contribution in [1.82, 2.24) is 4.98 Å². The van der Waals surface area contributed by atoms with Crippen LogP contribution in [0.15, 0.2) is 6.07 Å². The summed E-state index contributed by atoms with van der Waals surface area (Å²) in [5, 5.41) is 0. The molecule has 104 valence electrons. The molecule has 7 heteroatoms. The van der Waals surface area contributed by atoms with Crippen molar-refractivity contribution in [2.75, 3.05) is 51.2 Å². The molecule has 1 aromatic heterocycles. The second-order valence-electron chi connectivity index (χ2n) is 4.04. The van der Waals surface area contributed by atoms with Crippen LogP contribution < -0.4 is 15.4 Å². The van der Waals surface area contributed by atoms with Gasteiger partial charge in [-0.15, -0.1) is 0 Å². The minimum atomic E-state index is -0.512. The highest BCUT2D eigenvalue weighted by Crippen LogP contribution is 2.30. The number of methoxy groups -OCH3 is 2. The maximum absolute atomic E-state index is 11.6. The van der Waals surface area contributed by atoms with Crippen LogP contribution in [-0.4, -0.2) is 51.5 Å². The summed E-state index contributed by atoms with van der Waals surface area (Å²) in [6.45, 7) is 2.67. The lowest BCUT2D eigenvalue weighted by Gasteiger charge is -2.29. The summed E-state index contributed by atoms with van der Waals surface area (Å²) in [5.41, 5.74) is 6.70. The number of esters is 1. The SMILES string of the molecule is COC(=O)c1cc(N2CCOCC2)c(OC)nc1N. The zero-order valence-corrected chi connectivity index (χ0v) is 11.0. The number of ether oxygens (including phenoxy) is 3. The predicted octanol–water partition coefficient (Wildman–Crippen LogP) is 0.296. The lowest BCUT2D eigenvalue weighted by Crippen LogP contribution is -2.36. The van der Waals surface area contributed by atoms with Crippen molar-refractivity contribution in [2.24, 2.45) is 0 Å². The number of nitrogens with two attached hydrogens (primary N) is 1. The molecule has 19 heavy (non-hydrogen) atoms. The van der Waals surface area contributed by atoms with E-state index in [0.717, 1.165) is 5.69 Å². The number of nitrogen functional groups attached to an aromatic ring is 1. The molecule has 0 aliphatic carbocycles. The summed E-state index contributed by atoms with van der Waals surface area (Å²) in [4.78, 5) is 17.8. The van der Waals surface area contributed by atoms with Gasteiger partial charge in [0.25, 0.3) is 0 Å². The van der Waals surface area contributed by atoms with E-state index < -0.39 is 5.97 Å². The first-order chi connectivity index (χ1) is 9.17. The van der Waals surface area contributed by atoms with E-state index >= 15 is 0 Å². The molecule has 2 rings (SSSR count). The van der Waals surface area contributed by atoms with E-state index in [1.165, 1.54) is 14.2 Å². The first-order valence-corrected chi connectivity index (χ1v) is 5.93. The van der Waals surface area contributed by atoms with Crippen molar-refractivity contribution in [2.45, 2.75) is 0 Å². The summed E-state index contributed by atoms with van der Waals surface area (Å²) < 4.78 is 15.2. The largest absolute Gasteiger partial charge is 0.479 e. The Morgan fingerprint density at radius 1 is 1.42 bits per heavy atom. The molecule has 7 nitrogen and oxygen atoms in total. The number of carbonyl (C=O) groups is 1. The lowest BCUT2D eigenvalue weighted by molar-refractivity contribution is 0.0601. The number of morpholine rings is 1. The first-order valence-electron chi connectivity index (χ1n) is 5.93. The molecule has 0 saturated carbocycles. The van der Waals surface area contributed by atoms with Gasteiger partial charge >= 0.3 is 5.97 Å². The van der Waals surface area contributed by atoms with E-state index in [-0.39, 0.29) is 11.4 Å². The predicted molar refractivity (Wildman–Crippen MR) is 69.6 cm³/mol. The van der Waals surface area contributed by atoms with Crippen LogP contribution in [0.3, 0.4) is 0 Å². The fourth-order valence-electron chi connectivity index (χ4n) is 1.95. The molecule has 0 spiro atoms. The molecule has 1 saturated heterocycles. The molecule has 2 N–H and O–H groups in total. The van der Waals surface area contributed by atoms with E-state index in [2.05, 4.69) is 9.72 Å². The zero-order chi connectivity index (χ0) is 13.8. The van der Waals surface area contributed by atoms with Gasteiger partial charge in [0.05, 0.1) is 27.4 Å². The second kappa shape index (κ2) is 5.75. The smallest absolute Gasteiger partial charge is 0.341 e. The van der Waals surface area contributed by atoms with E-state index in [1.807, 2.05) is 4.90 Å². The molecule has 0 amide bonds. The van der Waals surface area contributed by atoms with Gasteiger partial charge in [0.15, 0.2) is 0 Å². The number of pyridine rings is 1. The zero-order valence-electron chi connectivity index (χ0n) is 11.0. The molecule has 2 heterocycles. The second-order valence-corrected chi connectivity index (χ2v) is 4.04. The molecular weight excluding hydrogens is 250 g/mol. The minimum Gasteiger partial charge on any atom is -0.479 e. The van der Waals surface area contributed by atoms with Gasteiger partial charge in [0.2, 0.25) is 5.88 Å². The van der Waals surface area contributed by atoms with Gasteiger partial charge in [-0.3, -0.25) is 0 Å². The van der Waals surface area contributed by atoms with Gasteiger partial charge in [-0.05, 0) is 6.07 Å². The van der Waals surface area contributed by atoms with Crippen LogP contribution in [0.4, 0.5) is 11.5 Å². The maximum Gasteiger partial charge on any atom is 0.341 e. The molecule has 0 aromatic carbocycles. The Labute approximate surface area is 111 Å². The maximum atomic E-state index is 11.6. The molecule has 1 aromatic rings. The summed E-state index contributed by atoms with van der Waals surface area (Å²) in [6, 6.07) is 1.65. The fourth-order valence-corrected chi connectivity index (χ4v) is 1.95. The van der Waals surface area contributed by atoms with Crippen molar-refractivity contribution < 1.29 is 19.0 Å². The Morgan fingerprint density at radius 3 is 2.68 bits per heavy atom. The van der Waals surface area contributed by atoms with Crippen LogP contribution in [0, 0.1) is 0 Å². The number of hydrogen-bond donors (Lipinski definition) is 1. The van der Waals surface area contributed by atoms with Crippen molar-refractivity contribution in [3.63, 3.8) is 0 Å². The summed E-state index contributed by atoms with van der Waals surface area (Å²) in [6.07, 6.45) is 0. The van der Waals surface area contributed by atoms with Crippen LogP contribution >= 0.6 is 0 Å². The molecule has 0 atom stereocenters. The molecule has 0 bridgehead atoms. The molecule has 0 radical (unpaired) electrons. The van der Waals surface area contributed by atoms with Gasteiger partial charge in [0, 0.05) is 13.1 Å². The number of aromatic nitrogens is 1. The average molecular weight is 267 g/mol. The average Bonchev–Trinajstić information content (AvgIpc) is 2.47. The quantitative estimate of drug-likeness (QED) is 0.788. The van der Waals surface area contributed by atoms with Crippen LogP contribution in [0.25, 0.3) is 0 Å². The monoisotopic (exact) mass is 267 g/mol. The van der Waals surface area contributed by atoms with E-state index in [9.17, 15) is 4.79 Å². The minimum absolute atomic E-state index is 0.0979. The van der Waals surface area contributed by atoms with E-state index in [1.54, 1.807) is 6.07 Å². The summed E-state index contributed by atoms with van der Waals surface area (Å²) in [5.74, 6) is -0.0186. The van der Waals surface area contributed by atoms with E-state index in [4.69, 9.17) is 15.2 Å². The Morgan fingerprint density at radius 2 is 2.11 bits per heavy atom. The Kier molecular flexibility index (Phi) is 4.06. The highest BCUT2D eigenvalue weighted by molar-refractivity contribution is 5.95. The number of rotatable bonds is 3. The number of anilines is 2. The number of hydrogen-bond acceptors (Lipinski definition) is 7. The molecule has 1 aliphatic rings. The molecule has 1 aliphatic heterocycles. The number of carbonyl (C=O) groups excluding carboxylic acids is 1. The topological polar surface area (TPSA) is 86.9 Å². The van der Waals surface area contributed by atoms with Gasteiger partial charge in [-0.1, -0.05) is 0 Å². The summed E-state index contributed by atoms with van der Waals surface area (Å²) in [7, 11) is 2.82. The van der Waals surface area contributed by atoms with Gasteiger partial charge in [0.1, 0.15) is 17.1 Å². The van der Waals surface area contributed by atoms with Crippen LogP contribution in [0.2, 0.25) is 0 Å². The van der Waals surface area contributed by atoms with Crippen LogP contribution in [0.5, 0.6) is 5.88 Å². The Hall–Kier alpha value is -2.02. The number of nitrogens with zero attached hydrogens (tertiary/aromatic N) is 2. The summed E-state index contributed by atoms with van der Waals surface area (Å²) >= 11 is 0. The lowest BCUT2D eigenvalue weighted by atomic mass is 10.2. The van der Waals surface area contributed by atoms with Crippen molar-refractivity contribution in [3.05, 3.63) is 11.6 Å². The fraction of sp³-hybridized carbons (Fsp3) is 0.500. The molecular formula is C12H17N3O4. The first kappa shape index (κ1) is 13.4. The van der Waals surface area contributed by atoms with Crippen molar-refractivity contribution >= 4 is 17.5 Å². The van der Waals surface area contributed by atoms with Crippen molar-refractivity contribution in [1.29, 1.82) is 0 Å². The van der Waals surface area contributed by atoms with Gasteiger partial charge in [-0.25, -0.2) is 4.79 Å². The van der Waals surface area contributed by atoms with Crippen molar-refractivity contribution in [3.8, 4) is 5.88 Å². The molecule has 0 unspecified atom stereocenters. The third kappa shape index (κ3) is 2.70. The van der Waals surface area contributed by atoms with Gasteiger partial charge < -0.3 is 24.8 Å². The third-order valence-corrected chi connectivity index (χ3v) is 2.95. The molecule has 1 fully saturated rings. The standard InChI is InChI=1S/C12H17N3O4/c1-17-11-9(15-3-5-19-6-4-15)7-8(10(13)14-11)12(16)18-2/h7H,3-6H2,1-2H3,(H2,13,14). The Bertz CT molecular complexity index is 472. The van der Waals surface area contributed by atoms with Crippen LogP contribution in [-0.2, 0) is 9.47 Å².